The highest BCUT2D eigenvalue weighted by atomic mass is 32.1. The molecule has 2 heterocycles. The molecular weight excluding hydrogens is 206 g/mol. The van der Waals surface area contributed by atoms with Gasteiger partial charge in [-0.2, -0.15) is 11.3 Å². The molecule has 0 aliphatic rings. The molecule has 0 aliphatic heterocycles. The second-order valence-electron chi connectivity index (χ2n) is 3.74. The maximum absolute atomic E-state index is 6.07. The van der Waals surface area contributed by atoms with Crippen LogP contribution in [-0.2, 0) is 6.42 Å². The third-order valence-electron chi connectivity index (χ3n) is 2.56. The molecule has 0 saturated heterocycles. The van der Waals surface area contributed by atoms with Gasteiger partial charge in [0.2, 0.25) is 0 Å². The molecule has 1 unspecified atom stereocenters. The molecule has 0 radical (unpaired) electrons. The van der Waals surface area contributed by atoms with Gasteiger partial charge in [0.1, 0.15) is 5.76 Å². The molecule has 0 spiro atoms. The fourth-order valence-electron chi connectivity index (χ4n) is 1.65. The molecule has 80 valence electrons. The molecule has 2 N–H and O–H groups in total. The van der Waals surface area contributed by atoms with Gasteiger partial charge in [0.05, 0.1) is 12.3 Å². The van der Waals surface area contributed by atoms with Crippen LogP contribution in [-0.4, -0.2) is 0 Å². The SMILES string of the molecule is Cc1ccoc1C(N)CCc1ccsc1. The maximum atomic E-state index is 6.07. The van der Waals surface area contributed by atoms with E-state index in [1.54, 1.807) is 17.6 Å². The van der Waals surface area contributed by atoms with E-state index in [2.05, 4.69) is 16.8 Å². The van der Waals surface area contributed by atoms with Crippen LogP contribution in [0.1, 0.15) is 29.3 Å². The Hall–Kier alpha value is -1.06. The number of rotatable bonds is 4. The summed E-state index contributed by atoms with van der Waals surface area (Å²) in [5, 5.41) is 4.26. The summed E-state index contributed by atoms with van der Waals surface area (Å²) in [6.45, 7) is 2.03. The quantitative estimate of drug-likeness (QED) is 0.860. The number of hydrogen-bond donors (Lipinski definition) is 1. The summed E-state index contributed by atoms with van der Waals surface area (Å²) in [7, 11) is 0. The number of aryl methyl sites for hydroxylation is 2. The van der Waals surface area contributed by atoms with Crippen molar-refractivity contribution in [3.05, 3.63) is 46.0 Å². The predicted molar refractivity (Wildman–Crippen MR) is 63.0 cm³/mol. The van der Waals surface area contributed by atoms with E-state index < -0.39 is 0 Å². The monoisotopic (exact) mass is 221 g/mol. The highest BCUT2D eigenvalue weighted by Gasteiger charge is 2.12. The lowest BCUT2D eigenvalue weighted by molar-refractivity contribution is 0.449. The number of hydrogen-bond acceptors (Lipinski definition) is 3. The van der Waals surface area contributed by atoms with Gasteiger partial charge in [0.15, 0.2) is 0 Å². The second kappa shape index (κ2) is 4.64. The highest BCUT2D eigenvalue weighted by Crippen LogP contribution is 2.21. The number of nitrogens with two attached hydrogens (primary N) is 1. The van der Waals surface area contributed by atoms with Crippen LogP contribution in [0.5, 0.6) is 0 Å². The minimum absolute atomic E-state index is 0.0138. The molecule has 0 aromatic carbocycles. The summed E-state index contributed by atoms with van der Waals surface area (Å²) in [5.74, 6) is 0.922. The van der Waals surface area contributed by atoms with Crippen LogP contribution in [0.25, 0.3) is 0 Å². The Morgan fingerprint density at radius 1 is 1.47 bits per heavy atom. The Bertz CT molecular complexity index is 405. The maximum Gasteiger partial charge on any atom is 0.123 e. The first-order valence-corrected chi connectivity index (χ1v) is 6.02. The van der Waals surface area contributed by atoms with Gasteiger partial charge in [-0.05, 0) is 53.8 Å². The van der Waals surface area contributed by atoms with Gasteiger partial charge in [0, 0.05) is 0 Å². The molecule has 2 aromatic heterocycles. The van der Waals surface area contributed by atoms with Crippen molar-refractivity contribution in [2.75, 3.05) is 0 Å². The first kappa shape index (κ1) is 10.5. The molecule has 15 heavy (non-hydrogen) atoms. The van der Waals surface area contributed by atoms with Gasteiger partial charge in [-0.25, -0.2) is 0 Å². The lowest BCUT2D eigenvalue weighted by atomic mass is 10.0. The van der Waals surface area contributed by atoms with Gasteiger partial charge in [-0.1, -0.05) is 0 Å². The molecule has 0 aliphatic carbocycles. The van der Waals surface area contributed by atoms with Crippen molar-refractivity contribution in [1.29, 1.82) is 0 Å². The standard InChI is InChI=1S/C12H15NOS/c1-9-4-6-14-12(9)11(13)3-2-10-5-7-15-8-10/h4-8,11H,2-3,13H2,1H3. The van der Waals surface area contributed by atoms with Crippen LogP contribution >= 0.6 is 11.3 Å². The summed E-state index contributed by atoms with van der Waals surface area (Å²) in [6.07, 6.45) is 3.66. The molecule has 2 nitrogen and oxygen atoms in total. The summed E-state index contributed by atoms with van der Waals surface area (Å²) in [6, 6.07) is 4.12. The highest BCUT2D eigenvalue weighted by molar-refractivity contribution is 7.07. The van der Waals surface area contributed by atoms with Gasteiger partial charge in [-0.3, -0.25) is 0 Å². The Morgan fingerprint density at radius 3 is 2.93 bits per heavy atom. The van der Waals surface area contributed by atoms with Crippen LogP contribution in [0.3, 0.4) is 0 Å². The molecule has 0 amide bonds. The van der Waals surface area contributed by atoms with Crippen LogP contribution in [0, 0.1) is 6.92 Å². The minimum Gasteiger partial charge on any atom is -0.467 e. The molecule has 0 fully saturated rings. The zero-order chi connectivity index (χ0) is 10.7. The molecule has 3 heteroatoms. The molecule has 2 aromatic rings. The number of furan rings is 1. The zero-order valence-electron chi connectivity index (χ0n) is 8.77. The third kappa shape index (κ3) is 2.49. The topological polar surface area (TPSA) is 39.2 Å². The molecule has 0 saturated carbocycles. The van der Waals surface area contributed by atoms with E-state index in [0.29, 0.717) is 0 Å². The molecular formula is C12H15NOS. The van der Waals surface area contributed by atoms with Crippen molar-refractivity contribution in [2.24, 2.45) is 5.73 Å². The smallest absolute Gasteiger partial charge is 0.123 e. The van der Waals surface area contributed by atoms with Crippen molar-refractivity contribution in [3.63, 3.8) is 0 Å². The molecule has 0 bridgehead atoms. The van der Waals surface area contributed by atoms with E-state index in [9.17, 15) is 0 Å². The number of thiophene rings is 1. The van der Waals surface area contributed by atoms with E-state index in [4.69, 9.17) is 10.2 Å². The summed E-state index contributed by atoms with van der Waals surface area (Å²) in [5.41, 5.74) is 8.57. The fourth-order valence-corrected chi connectivity index (χ4v) is 2.36. The Labute approximate surface area is 93.7 Å². The predicted octanol–water partition coefficient (Wildman–Crippen LogP) is 3.28. The van der Waals surface area contributed by atoms with Crippen molar-refractivity contribution in [1.82, 2.24) is 0 Å². The first-order valence-electron chi connectivity index (χ1n) is 5.08. The lowest BCUT2D eigenvalue weighted by Gasteiger charge is -2.08. The van der Waals surface area contributed by atoms with E-state index in [1.807, 2.05) is 13.0 Å². The fraction of sp³-hybridized carbons (Fsp3) is 0.333. The molecule has 2 rings (SSSR count). The van der Waals surface area contributed by atoms with E-state index in [1.165, 1.54) is 5.56 Å². The first-order chi connectivity index (χ1) is 7.27. The van der Waals surface area contributed by atoms with Gasteiger partial charge in [-0.15, -0.1) is 0 Å². The largest absolute Gasteiger partial charge is 0.467 e. The zero-order valence-corrected chi connectivity index (χ0v) is 9.59. The van der Waals surface area contributed by atoms with Crippen molar-refractivity contribution in [2.45, 2.75) is 25.8 Å². The van der Waals surface area contributed by atoms with Crippen LogP contribution in [0.15, 0.2) is 33.6 Å². The minimum atomic E-state index is 0.0138. The van der Waals surface area contributed by atoms with Crippen LogP contribution in [0.2, 0.25) is 0 Å². The average molecular weight is 221 g/mol. The van der Waals surface area contributed by atoms with Gasteiger partial charge in [0.25, 0.3) is 0 Å². The average Bonchev–Trinajstić information content (AvgIpc) is 2.84. The summed E-state index contributed by atoms with van der Waals surface area (Å²) in [4.78, 5) is 0. The molecule has 1 atom stereocenters. The van der Waals surface area contributed by atoms with Crippen molar-refractivity contribution >= 4 is 11.3 Å². The van der Waals surface area contributed by atoms with E-state index >= 15 is 0 Å². The second-order valence-corrected chi connectivity index (χ2v) is 4.52. The third-order valence-corrected chi connectivity index (χ3v) is 3.29. The van der Waals surface area contributed by atoms with E-state index in [0.717, 1.165) is 24.2 Å². The lowest BCUT2D eigenvalue weighted by Crippen LogP contribution is -2.11. The van der Waals surface area contributed by atoms with Gasteiger partial charge >= 0.3 is 0 Å². The summed E-state index contributed by atoms with van der Waals surface area (Å²) < 4.78 is 5.37. The normalized spacial score (nSPS) is 12.9. The van der Waals surface area contributed by atoms with Crippen molar-refractivity contribution in [3.8, 4) is 0 Å². The Balaban J connectivity index is 1.93. The summed E-state index contributed by atoms with van der Waals surface area (Å²) >= 11 is 1.73. The van der Waals surface area contributed by atoms with E-state index in [-0.39, 0.29) is 6.04 Å². The van der Waals surface area contributed by atoms with Crippen molar-refractivity contribution < 1.29 is 4.42 Å². The Morgan fingerprint density at radius 2 is 2.33 bits per heavy atom. The van der Waals surface area contributed by atoms with Crippen LogP contribution in [0.4, 0.5) is 0 Å². The van der Waals surface area contributed by atoms with Crippen LogP contribution < -0.4 is 5.73 Å². The van der Waals surface area contributed by atoms with Gasteiger partial charge < -0.3 is 10.2 Å². The Kier molecular flexibility index (Phi) is 3.23.